The van der Waals surface area contributed by atoms with Crippen LogP contribution in [0.3, 0.4) is 0 Å². The van der Waals surface area contributed by atoms with Gasteiger partial charge in [-0.3, -0.25) is 14.5 Å². The summed E-state index contributed by atoms with van der Waals surface area (Å²) in [6, 6.07) is 10.1. The molecule has 1 saturated heterocycles. The van der Waals surface area contributed by atoms with Crippen LogP contribution in [0.2, 0.25) is 0 Å². The summed E-state index contributed by atoms with van der Waals surface area (Å²) >= 11 is 0. The zero-order chi connectivity index (χ0) is 15.6. The van der Waals surface area contributed by atoms with E-state index in [2.05, 4.69) is 24.0 Å². The summed E-state index contributed by atoms with van der Waals surface area (Å²) in [5.41, 5.74) is 0.642. The minimum absolute atomic E-state index is 0.0490. The third-order valence-electron chi connectivity index (χ3n) is 3.54. The van der Waals surface area contributed by atoms with E-state index in [-0.39, 0.29) is 24.3 Å². The van der Waals surface area contributed by atoms with E-state index in [1.807, 2.05) is 18.2 Å². The number of hydrogen-bond acceptors (Lipinski definition) is 4. The van der Waals surface area contributed by atoms with Gasteiger partial charge in [-0.25, -0.2) is 0 Å². The number of ketones is 1. The molecule has 4 heteroatoms. The van der Waals surface area contributed by atoms with E-state index in [1.54, 1.807) is 20.8 Å². The molecule has 2 rings (SSSR count). The van der Waals surface area contributed by atoms with Gasteiger partial charge in [-0.05, 0) is 33.3 Å². The Labute approximate surface area is 126 Å². The van der Waals surface area contributed by atoms with Gasteiger partial charge in [0.15, 0.2) is 5.78 Å². The van der Waals surface area contributed by atoms with Crippen LogP contribution in [-0.4, -0.2) is 34.8 Å². The molecule has 1 fully saturated rings. The van der Waals surface area contributed by atoms with Crippen LogP contribution in [0.25, 0.3) is 0 Å². The van der Waals surface area contributed by atoms with Gasteiger partial charge in [0.2, 0.25) is 0 Å². The Balaban J connectivity index is 1.86. The molecule has 0 amide bonds. The second-order valence-corrected chi connectivity index (χ2v) is 6.53. The van der Waals surface area contributed by atoms with Crippen molar-refractivity contribution in [2.75, 3.05) is 6.54 Å². The first-order valence-corrected chi connectivity index (χ1v) is 7.33. The number of ether oxygens (including phenoxy) is 1. The SMILES string of the molecule is C[C@@H](c1ccccc1)N1C[C@@H]1C(=O)CC(=O)OC(C)(C)C. The molecule has 1 aromatic carbocycles. The van der Waals surface area contributed by atoms with Crippen LogP contribution in [0.1, 0.15) is 45.7 Å². The van der Waals surface area contributed by atoms with E-state index in [4.69, 9.17) is 4.74 Å². The molecular formula is C17H23NO3. The molecule has 0 aromatic heterocycles. The molecule has 114 valence electrons. The number of esters is 1. The molecule has 4 nitrogen and oxygen atoms in total. The summed E-state index contributed by atoms with van der Waals surface area (Å²) in [6.45, 7) is 8.20. The molecule has 1 heterocycles. The van der Waals surface area contributed by atoms with Crippen LogP contribution in [-0.2, 0) is 14.3 Å². The van der Waals surface area contributed by atoms with Crippen molar-refractivity contribution in [1.29, 1.82) is 0 Å². The Hall–Kier alpha value is -1.68. The van der Waals surface area contributed by atoms with Gasteiger partial charge in [-0.1, -0.05) is 30.3 Å². The number of hydrogen-bond donors (Lipinski definition) is 0. The van der Waals surface area contributed by atoms with Crippen molar-refractivity contribution < 1.29 is 14.3 Å². The molecule has 0 spiro atoms. The Morgan fingerprint density at radius 1 is 1.29 bits per heavy atom. The quantitative estimate of drug-likeness (QED) is 0.475. The highest BCUT2D eigenvalue weighted by molar-refractivity contribution is 6.00. The van der Waals surface area contributed by atoms with E-state index in [1.165, 1.54) is 5.56 Å². The van der Waals surface area contributed by atoms with E-state index >= 15 is 0 Å². The first-order valence-electron chi connectivity index (χ1n) is 7.33. The minimum atomic E-state index is -0.544. The molecule has 21 heavy (non-hydrogen) atoms. The fourth-order valence-electron chi connectivity index (χ4n) is 2.43. The molecule has 1 unspecified atom stereocenters. The lowest BCUT2D eigenvalue weighted by atomic mass is 10.1. The van der Waals surface area contributed by atoms with Gasteiger partial charge in [0.1, 0.15) is 12.0 Å². The number of carbonyl (C=O) groups excluding carboxylic acids is 2. The first kappa shape index (κ1) is 15.7. The third kappa shape index (κ3) is 4.39. The summed E-state index contributed by atoms with van der Waals surface area (Å²) in [5, 5.41) is 0. The highest BCUT2D eigenvalue weighted by Crippen LogP contribution is 2.32. The first-order chi connectivity index (χ1) is 9.78. The molecule has 0 N–H and O–H groups in total. The maximum absolute atomic E-state index is 12.1. The van der Waals surface area contributed by atoms with Crippen LogP contribution >= 0.6 is 0 Å². The Morgan fingerprint density at radius 2 is 1.90 bits per heavy atom. The normalized spacial score (nSPS) is 22.5. The van der Waals surface area contributed by atoms with Gasteiger partial charge in [0.05, 0.1) is 6.04 Å². The van der Waals surface area contributed by atoms with E-state index in [0.717, 1.165) is 6.54 Å². The number of nitrogens with zero attached hydrogens (tertiary/aromatic N) is 1. The number of rotatable bonds is 5. The zero-order valence-corrected chi connectivity index (χ0v) is 13.1. The number of benzene rings is 1. The predicted octanol–water partition coefficient (Wildman–Crippen LogP) is 2.73. The molecule has 0 aliphatic carbocycles. The second kappa shape index (κ2) is 5.98. The standard InChI is InChI=1S/C17H23NO3/c1-12(13-8-6-5-7-9-13)18-11-14(18)15(19)10-16(20)21-17(2,3)4/h5-9,12,14H,10-11H2,1-4H3/t12-,14+,18?/m0/s1. The maximum atomic E-state index is 12.1. The summed E-state index contributed by atoms with van der Waals surface area (Å²) in [5.74, 6) is -0.487. The molecule has 1 aliphatic rings. The smallest absolute Gasteiger partial charge is 0.313 e. The van der Waals surface area contributed by atoms with E-state index in [9.17, 15) is 9.59 Å². The van der Waals surface area contributed by atoms with E-state index in [0.29, 0.717) is 0 Å². The Kier molecular flexibility index (Phi) is 4.47. The molecule has 1 aromatic rings. The van der Waals surface area contributed by atoms with Crippen molar-refractivity contribution >= 4 is 11.8 Å². The minimum Gasteiger partial charge on any atom is -0.460 e. The van der Waals surface area contributed by atoms with E-state index < -0.39 is 11.6 Å². The fourth-order valence-corrected chi connectivity index (χ4v) is 2.43. The maximum Gasteiger partial charge on any atom is 0.313 e. The largest absolute Gasteiger partial charge is 0.460 e. The summed E-state index contributed by atoms with van der Waals surface area (Å²) in [6.07, 6.45) is -0.139. The molecule has 0 bridgehead atoms. The highest BCUT2D eigenvalue weighted by atomic mass is 16.6. The van der Waals surface area contributed by atoms with Crippen molar-refractivity contribution in [3.63, 3.8) is 0 Å². The van der Waals surface area contributed by atoms with Crippen LogP contribution in [0.15, 0.2) is 30.3 Å². The molecule has 3 atom stereocenters. The zero-order valence-electron chi connectivity index (χ0n) is 13.1. The highest BCUT2D eigenvalue weighted by Gasteiger charge is 2.44. The average Bonchev–Trinajstić information content (AvgIpc) is 3.16. The summed E-state index contributed by atoms with van der Waals surface area (Å²) in [7, 11) is 0. The lowest BCUT2D eigenvalue weighted by Gasteiger charge is -2.19. The Morgan fingerprint density at radius 3 is 2.48 bits per heavy atom. The van der Waals surface area contributed by atoms with Crippen molar-refractivity contribution in [2.24, 2.45) is 0 Å². The Bertz CT molecular complexity index is 519. The van der Waals surface area contributed by atoms with Crippen LogP contribution in [0.5, 0.6) is 0 Å². The van der Waals surface area contributed by atoms with Gasteiger partial charge in [-0.2, -0.15) is 0 Å². The van der Waals surface area contributed by atoms with Gasteiger partial charge in [0, 0.05) is 12.6 Å². The lowest BCUT2D eigenvalue weighted by Crippen LogP contribution is -2.27. The van der Waals surface area contributed by atoms with Gasteiger partial charge in [-0.15, -0.1) is 0 Å². The predicted molar refractivity (Wildman–Crippen MR) is 80.8 cm³/mol. The van der Waals surface area contributed by atoms with Gasteiger partial charge < -0.3 is 4.74 Å². The second-order valence-electron chi connectivity index (χ2n) is 6.53. The average molecular weight is 289 g/mol. The topological polar surface area (TPSA) is 46.4 Å². The third-order valence-corrected chi connectivity index (χ3v) is 3.54. The van der Waals surface area contributed by atoms with Crippen molar-refractivity contribution in [1.82, 2.24) is 4.90 Å². The van der Waals surface area contributed by atoms with Crippen molar-refractivity contribution in [3.8, 4) is 0 Å². The van der Waals surface area contributed by atoms with Crippen LogP contribution < -0.4 is 0 Å². The number of Topliss-reactive ketones (excluding diaryl/α,β-unsaturated/α-hetero) is 1. The fraction of sp³-hybridized carbons (Fsp3) is 0.529. The molecule has 0 radical (unpaired) electrons. The molecule has 0 saturated carbocycles. The lowest BCUT2D eigenvalue weighted by molar-refractivity contribution is -0.156. The van der Waals surface area contributed by atoms with Crippen LogP contribution in [0, 0.1) is 0 Å². The molecular weight excluding hydrogens is 266 g/mol. The van der Waals surface area contributed by atoms with Gasteiger partial charge >= 0.3 is 5.97 Å². The summed E-state index contributed by atoms with van der Waals surface area (Å²) in [4.78, 5) is 25.9. The van der Waals surface area contributed by atoms with Crippen molar-refractivity contribution in [3.05, 3.63) is 35.9 Å². The number of carbonyl (C=O) groups is 2. The van der Waals surface area contributed by atoms with Gasteiger partial charge in [0.25, 0.3) is 0 Å². The molecule has 1 aliphatic heterocycles. The van der Waals surface area contributed by atoms with Crippen LogP contribution in [0.4, 0.5) is 0 Å². The summed E-state index contributed by atoms with van der Waals surface area (Å²) < 4.78 is 5.19. The van der Waals surface area contributed by atoms with Crippen molar-refractivity contribution in [2.45, 2.75) is 51.8 Å². The monoisotopic (exact) mass is 289 g/mol.